The van der Waals surface area contributed by atoms with E-state index in [-0.39, 0.29) is 5.69 Å². The van der Waals surface area contributed by atoms with Crippen molar-refractivity contribution in [2.45, 2.75) is 13.1 Å². The normalized spacial score (nSPS) is 11.0. The Bertz CT molecular complexity index is 503. The summed E-state index contributed by atoms with van der Waals surface area (Å²) in [4.78, 5) is 21.8. The second kappa shape index (κ2) is 5.92. The first-order valence-corrected chi connectivity index (χ1v) is 5.62. The molecular formula is C11H10ClF3N2O2. The molecule has 4 nitrogen and oxygen atoms in total. The minimum absolute atomic E-state index is 0.0105. The number of anilines is 2. The molecule has 104 valence electrons. The maximum atomic E-state index is 12.8. The highest BCUT2D eigenvalue weighted by Crippen LogP contribution is 2.36. The Balaban J connectivity index is 3.17. The lowest BCUT2D eigenvalue weighted by molar-refractivity contribution is -0.137. The Kier molecular flexibility index (Phi) is 4.77. The van der Waals surface area contributed by atoms with Crippen molar-refractivity contribution in [1.82, 2.24) is 0 Å². The number of hydrogen-bond acceptors (Lipinski definition) is 2. The van der Waals surface area contributed by atoms with Crippen LogP contribution in [0.4, 0.5) is 24.5 Å². The van der Waals surface area contributed by atoms with E-state index in [0.29, 0.717) is 0 Å². The molecule has 0 saturated carbocycles. The maximum Gasteiger partial charge on any atom is 0.418 e. The van der Waals surface area contributed by atoms with Crippen molar-refractivity contribution in [3.05, 3.63) is 23.8 Å². The number of halogens is 4. The van der Waals surface area contributed by atoms with Gasteiger partial charge in [-0.15, -0.1) is 11.6 Å². The average molecular weight is 295 g/mol. The Morgan fingerprint density at radius 3 is 2.37 bits per heavy atom. The zero-order chi connectivity index (χ0) is 14.6. The summed E-state index contributed by atoms with van der Waals surface area (Å²) in [5.41, 5.74) is -1.48. The lowest BCUT2D eigenvalue weighted by atomic mass is 10.1. The first-order valence-electron chi connectivity index (χ1n) is 5.08. The quantitative estimate of drug-likeness (QED) is 0.842. The summed E-state index contributed by atoms with van der Waals surface area (Å²) in [5.74, 6) is -1.70. The molecule has 0 bridgehead atoms. The molecule has 0 unspecified atom stereocenters. The summed E-state index contributed by atoms with van der Waals surface area (Å²) >= 11 is 5.22. The number of carbonyl (C=O) groups excluding carboxylic acids is 2. The summed E-state index contributed by atoms with van der Waals surface area (Å²) in [6.07, 6.45) is -4.66. The number of hydrogen-bond donors (Lipinski definition) is 2. The number of amides is 2. The van der Waals surface area contributed by atoms with Gasteiger partial charge in [-0.05, 0) is 18.2 Å². The van der Waals surface area contributed by atoms with Crippen molar-refractivity contribution < 1.29 is 22.8 Å². The number of nitrogens with one attached hydrogen (secondary N) is 2. The Morgan fingerprint density at radius 1 is 1.26 bits per heavy atom. The molecule has 0 saturated heterocycles. The third kappa shape index (κ3) is 4.44. The molecule has 19 heavy (non-hydrogen) atoms. The van der Waals surface area contributed by atoms with Crippen molar-refractivity contribution in [2.75, 3.05) is 16.5 Å². The molecule has 0 atom stereocenters. The molecule has 0 spiro atoms. The van der Waals surface area contributed by atoms with Gasteiger partial charge < -0.3 is 10.6 Å². The highest BCUT2D eigenvalue weighted by atomic mass is 35.5. The van der Waals surface area contributed by atoms with Crippen LogP contribution in [0.15, 0.2) is 18.2 Å². The van der Waals surface area contributed by atoms with Gasteiger partial charge in [0.2, 0.25) is 11.8 Å². The topological polar surface area (TPSA) is 58.2 Å². The standard InChI is InChI=1S/C11H10ClF3N2O2/c1-6(18)16-7-2-3-9(17-10(19)5-12)8(4-7)11(13,14)15/h2-4H,5H2,1H3,(H,16,18)(H,17,19). The Morgan fingerprint density at radius 2 is 1.89 bits per heavy atom. The largest absolute Gasteiger partial charge is 0.418 e. The minimum atomic E-state index is -4.66. The molecule has 1 rings (SSSR count). The molecule has 2 amide bonds. The van der Waals surface area contributed by atoms with Crippen molar-refractivity contribution in [1.29, 1.82) is 0 Å². The van der Waals surface area contributed by atoms with E-state index in [1.807, 2.05) is 5.32 Å². The van der Waals surface area contributed by atoms with Crippen LogP contribution in [0.3, 0.4) is 0 Å². The van der Waals surface area contributed by atoms with Crippen LogP contribution in [-0.2, 0) is 15.8 Å². The van der Waals surface area contributed by atoms with Crippen molar-refractivity contribution in [3.8, 4) is 0 Å². The van der Waals surface area contributed by atoms with Gasteiger partial charge in [-0.3, -0.25) is 9.59 Å². The van der Waals surface area contributed by atoms with Crippen LogP contribution in [0.5, 0.6) is 0 Å². The van der Waals surface area contributed by atoms with E-state index in [1.165, 1.54) is 13.0 Å². The van der Waals surface area contributed by atoms with Crippen LogP contribution < -0.4 is 10.6 Å². The molecule has 0 fully saturated rings. The predicted octanol–water partition coefficient (Wildman–Crippen LogP) is 2.84. The van der Waals surface area contributed by atoms with Crippen LogP contribution >= 0.6 is 11.6 Å². The summed E-state index contributed by atoms with van der Waals surface area (Å²) in [5, 5.41) is 4.28. The first kappa shape index (κ1) is 15.3. The van der Waals surface area contributed by atoms with Gasteiger partial charge in [-0.25, -0.2) is 0 Å². The first-order chi connectivity index (χ1) is 8.74. The van der Waals surface area contributed by atoms with Crippen LogP contribution in [0.2, 0.25) is 0 Å². The van der Waals surface area contributed by atoms with E-state index in [1.54, 1.807) is 0 Å². The second-order valence-electron chi connectivity index (χ2n) is 3.62. The number of rotatable bonds is 3. The van der Waals surface area contributed by atoms with Gasteiger partial charge >= 0.3 is 6.18 Å². The highest BCUT2D eigenvalue weighted by Gasteiger charge is 2.34. The number of carbonyl (C=O) groups is 2. The molecule has 1 aromatic carbocycles. The van der Waals surface area contributed by atoms with E-state index < -0.39 is 35.1 Å². The van der Waals surface area contributed by atoms with E-state index in [9.17, 15) is 22.8 Å². The molecule has 0 heterocycles. The van der Waals surface area contributed by atoms with Crippen LogP contribution in [0.25, 0.3) is 0 Å². The fourth-order valence-electron chi connectivity index (χ4n) is 1.35. The van der Waals surface area contributed by atoms with Gasteiger partial charge in [0.1, 0.15) is 5.88 Å². The van der Waals surface area contributed by atoms with Gasteiger partial charge in [-0.2, -0.15) is 13.2 Å². The van der Waals surface area contributed by atoms with Gasteiger partial charge in [0, 0.05) is 12.6 Å². The van der Waals surface area contributed by atoms with Gasteiger partial charge in [0.05, 0.1) is 11.3 Å². The molecule has 0 aliphatic rings. The zero-order valence-corrected chi connectivity index (χ0v) is 10.5. The fraction of sp³-hybridized carbons (Fsp3) is 0.273. The Hall–Kier alpha value is -1.76. The lowest BCUT2D eigenvalue weighted by Crippen LogP contribution is -2.18. The highest BCUT2D eigenvalue weighted by molar-refractivity contribution is 6.29. The van der Waals surface area contributed by atoms with Gasteiger partial charge in [-0.1, -0.05) is 0 Å². The van der Waals surface area contributed by atoms with Crippen molar-refractivity contribution in [2.24, 2.45) is 0 Å². The molecule has 8 heteroatoms. The summed E-state index contributed by atoms with van der Waals surface area (Å²) in [6.45, 7) is 1.18. The van der Waals surface area contributed by atoms with Gasteiger partial charge in [0.25, 0.3) is 0 Å². The summed E-state index contributed by atoms with van der Waals surface area (Å²) < 4.78 is 38.5. The van der Waals surface area contributed by atoms with E-state index in [0.717, 1.165) is 12.1 Å². The number of benzene rings is 1. The van der Waals surface area contributed by atoms with Gasteiger partial charge in [0.15, 0.2) is 0 Å². The Labute approximate surface area is 111 Å². The monoisotopic (exact) mass is 294 g/mol. The zero-order valence-electron chi connectivity index (χ0n) is 9.77. The second-order valence-corrected chi connectivity index (χ2v) is 3.89. The smallest absolute Gasteiger partial charge is 0.326 e. The van der Waals surface area contributed by atoms with Crippen LogP contribution in [0, 0.1) is 0 Å². The van der Waals surface area contributed by atoms with Crippen molar-refractivity contribution in [3.63, 3.8) is 0 Å². The molecular weight excluding hydrogens is 285 g/mol. The third-order valence-corrected chi connectivity index (χ3v) is 2.28. The molecule has 1 aromatic rings. The molecule has 0 radical (unpaired) electrons. The van der Waals surface area contributed by atoms with Crippen molar-refractivity contribution >= 4 is 34.8 Å². The third-order valence-electron chi connectivity index (χ3n) is 2.04. The minimum Gasteiger partial charge on any atom is -0.326 e. The average Bonchev–Trinajstić information content (AvgIpc) is 2.28. The SMILES string of the molecule is CC(=O)Nc1ccc(NC(=O)CCl)c(C(F)(F)F)c1. The maximum absolute atomic E-state index is 12.8. The summed E-state index contributed by atoms with van der Waals surface area (Å²) in [7, 11) is 0. The predicted molar refractivity (Wildman–Crippen MR) is 65.1 cm³/mol. The van der Waals surface area contributed by atoms with Crippen LogP contribution in [0.1, 0.15) is 12.5 Å². The lowest BCUT2D eigenvalue weighted by Gasteiger charge is -2.15. The molecule has 2 N–H and O–H groups in total. The summed E-state index contributed by atoms with van der Waals surface area (Å²) in [6, 6.07) is 3.05. The fourth-order valence-corrected chi connectivity index (χ4v) is 1.42. The molecule has 0 aliphatic heterocycles. The van der Waals surface area contributed by atoms with E-state index in [4.69, 9.17) is 11.6 Å². The van der Waals surface area contributed by atoms with E-state index in [2.05, 4.69) is 5.32 Å². The molecule has 0 aliphatic carbocycles. The van der Waals surface area contributed by atoms with E-state index >= 15 is 0 Å². The molecule has 0 aromatic heterocycles. The van der Waals surface area contributed by atoms with Crippen LogP contribution in [-0.4, -0.2) is 17.7 Å². The number of alkyl halides is 4.